The third-order valence-electron chi connectivity index (χ3n) is 4.88. The zero-order valence-corrected chi connectivity index (χ0v) is 19.7. The first-order chi connectivity index (χ1) is 15.8. The summed E-state index contributed by atoms with van der Waals surface area (Å²) in [4.78, 5) is 12.6. The molecule has 3 rings (SSSR count). The lowest BCUT2D eigenvalue weighted by Crippen LogP contribution is -2.30. The first kappa shape index (κ1) is 24.1. The second-order valence-electron chi connectivity index (χ2n) is 7.30. The summed E-state index contributed by atoms with van der Waals surface area (Å²) in [5.41, 5.74) is 1.92. The highest BCUT2D eigenvalue weighted by Gasteiger charge is 2.18. The Labute approximate surface area is 194 Å². The van der Waals surface area contributed by atoms with Gasteiger partial charge in [-0.1, -0.05) is 25.1 Å². The Morgan fingerprint density at radius 2 is 1.55 bits per heavy atom. The summed E-state index contributed by atoms with van der Waals surface area (Å²) in [7, 11) is -3.78. The zero-order valence-electron chi connectivity index (χ0n) is 18.9. The summed E-state index contributed by atoms with van der Waals surface area (Å²) in [6, 6.07) is 20.2. The lowest BCUT2D eigenvalue weighted by atomic mass is 10.1. The minimum absolute atomic E-state index is 0.0792. The molecule has 0 aliphatic rings. The van der Waals surface area contributed by atoms with Crippen LogP contribution in [0.1, 0.15) is 26.3 Å². The number of aryl methyl sites for hydroxylation is 1. The van der Waals surface area contributed by atoms with E-state index in [1.165, 1.54) is 24.3 Å². The van der Waals surface area contributed by atoms with E-state index in [1.54, 1.807) is 31.2 Å². The number of benzene rings is 3. The van der Waals surface area contributed by atoms with E-state index in [2.05, 4.69) is 10.0 Å². The third kappa shape index (κ3) is 6.49. The number of anilines is 2. The van der Waals surface area contributed by atoms with E-state index >= 15 is 0 Å². The summed E-state index contributed by atoms with van der Waals surface area (Å²) < 4.78 is 39.0. The van der Waals surface area contributed by atoms with E-state index in [0.717, 1.165) is 12.0 Å². The Bertz CT molecular complexity index is 1180. The van der Waals surface area contributed by atoms with Crippen molar-refractivity contribution < 1.29 is 22.7 Å². The number of nitrogens with one attached hydrogen (secondary N) is 2. The predicted octanol–water partition coefficient (Wildman–Crippen LogP) is 4.85. The lowest BCUT2D eigenvalue weighted by molar-refractivity contribution is -0.122. The number of ether oxygens (including phenoxy) is 2. The number of para-hydroxylation sites is 1. The molecule has 0 saturated heterocycles. The molecule has 0 heterocycles. The van der Waals surface area contributed by atoms with E-state index in [1.807, 2.05) is 38.1 Å². The van der Waals surface area contributed by atoms with Crippen LogP contribution >= 0.6 is 0 Å². The van der Waals surface area contributed by atoms with Gasteiger partial charge in [0.15, 0.2) is 6.10 Å². The van der Waals surface area contributed by atoms with Crippen LogP contribution in [0.5, 0.6) is 11.5 Å². The molecule has 0 unspecified atom stereocenters. The predicted molar refractivity (Wildman–Crippen MR) is 129 cm³/mol. The molecule has 0 aliphatic heterocycles. The third-order valence-corrected chi connectivity index (χ3v) is 6.27. The minimum Gasteiger partial charge on any atom is -0.494 e. The summed E-state index contributed by atoms with van der Waals surface area (Å²) in [5, 5.41) is 2.75. The molecule has 3 aromatic rings. The maximum Gasteiger partial charge on any atom is 0.265 e. The van der Waals surface area contributed by atoms with Crippen molar-refractivity contribution in [1.29, 1.82) is 0 Å². The molecule has 8 heteroatoms. The van der Waals surface area contributed by atoms with Crippen LogP contribution in [0.25, 0.3) is 0 Å². The summed E-state index contributed by atoms with van der Waals surface area (Å²) in [6.07, 6.45) is 0.0768. The quantitative estimate of drug-likeness (QED) is 0.443. The molecule has 0 spiro atoms. The fourth-order valence-electron chi connectivity index (χ4n) is 3.12. The maximum atomic E-state index is 12.7. The largest absolute Gasteiger partial charge is 0.494 e. The zero-order chi connectivity index (χ0) is 23.8. The van der Waals surface area contributed by atoms with Gasteiger partial charge in [0.2, 0.25) is 0 Å². The Hall–Kier alpha value is -3.52. The van der Waals surface area contributed by atoms with Crippen LogP contribution < -0.4 is 19.5 Å². The van der Waals surface area contributed by atoms with Gasteiger partial charge in [-0.05, 0) is 80.4 Å². The maximum absolute atomic E-state index is 12.7. The normalized spacial score (nSPS) is 12.0. The molecule has 3 aromatic carbocycles. The van der Waals surface area contributed by atoms with Gasteiger partial charge in [-0.15, -0.1) is 0 Å². The molecular weight excluding hydrogens is 440 g/mol. The number of rotatable bonds is 10. The molecular formula is C25H28N2O5S. The molecule has 2 N–H and O–H groups in total. The average molecular weight is 469 g/mol. The van der Waals surface area contributed by atoms with E-state index < -0.39 is 16.1 Å². The van der Waals surface area contributed by atoms with Gasteiger partial charge in [-0.25, -0.2) is 8.42 Å². The van der Waals surface area contributed by atoms with Gasteiger partial charge in [0.25, 0.3) is 15.9 Å². The second kappa shape index (κ2) is 10.9. The highest BCUT2D eigenvalue weighted by Crippen LogP contribution is 2.22. The van der Waals surface area contributed by atoms with Gasteiger partial charge in [0.1, 0.15) is 11.5 Å². The monoisotopic (exact) mass is 468 g/mol. The van der Waals surface area contributed by atoms with Crippen molar-refractivity contribution in [2.24, 2.45) is 0 Å². The average Bonchev–Trinajstić information content (AvgIpc) is 2.81. The fraction of sp³-hybridized carbons (Fsp3) is 0.240. The highest BCUT2D eigenvalue weighted by atomic mass is 32.2. The van der Waals surface area contributed by atoms with Crippen LogP contribution in [0.3, 0.4) is 0 Å². The van der Waals surface area contributed by atoms with Crippen LogP contribution in [-0.4, -0.2) is 27.0 Å². The summed E-state index contributed by atoms with van der Waals surface area (Å²) in [6.45, 7) is 6.10. The van der Waals surface area contributed by atoms with Crippen molar-refractivity contribution >= 4 is 27.3 Å². The molecule has 0 aromatic heterocycles. The molecule has 0 bridgehead atoms. The molecule has 0 radical (unpaired) electrons. The van der Waals surface area contributed by atoms with E-state index in [9.17, 15) is 13.2 Å². The Morgan fingerprint density at radius 1 is 0.909 bits per heavy atom. The highest BCUT2D eigenvalue weighted by molar-refractivity contribution is 7.92. The Kier molecular flexibility index (Phi) is 7.95. The number of hydrogen-bond acceptors (Lipinski definition) is 5. The standard InChI is InChI=1S/C25H28N2O5S/c1-4-19-8-6-7-9-24(19)32-18(3)25(28)26-20-12-16-23(17-13-20)33(29,30)27-21-10-14-22(15-11-21)31-5-2/h6-18,27H,4-5H2,1-3H3,(H,26,28)/t18-/m0/s1. The first-order valence-electron chi connectivity index (χ1n) is 10.7. The van der Waals surface area contributed by atoms with Gasteiger partial charge in [-0.2, -0.15) is 0 Å². The van der Waals surface area contributed by atoms with Crippen molar-refractivity contribution in [3.63, 3.8) is 0 Å². The van der Waals surface area contributed by atoms with Crippen LogP contribution in [-0.2, 0) is 21.2 Å². The minimum atomic E-state index is -3.78. The number of carbonyl (C=O) groups is 1. The fourth-order valence-corrected chi connectivity index (χ4v) is 4.17. The van der Waals surface area contributed by atoms with Gasteiger partial charge in [0.05, 0.1) is 11.5 Å². The smallest absolute Gasteiger partial charge is 0.265 e. The lowest BCUT2D eigenvalue weighted by Gasteiger charge is -2.17. The molecule has 0 aliphatic carbocycles. The number of amides is 1. The molecule has 1 amide bonds. The molecule has 0 saturated carbocycles. The van der Waals surface area contributed by atoms with Crippen molar-refractivity contribution in [2.75, 3.05) is 16.6 Å². The molecule has 7 nitrogen and oxygen atoms in total. The molecule has 33 heavy (non-hydrogen) atoms. The summed E-state index contributed by atoms with van der Waals surface area (Å²) in [5.74, 6) is 1.01. The van der Waals surface area contributed by atoms with Crippen molar-refractivity contribution in [2.45, 2.75) is 38.2 Å². The van der Waals surface area contributed by atoms with Crippen molar-refractivity contribution in [3.05, 3.63) is 78.4 Å². The SMILES string of the molecule is CCOc1ccc(NS(=O)(=O)c2ccc(NC(=O)[C@H](C)Oc3ccccc3CC)cc2)cc1. The Balaban J connectivity index is 1.62. The molecule has 0 fully saturated rings. The Morgan fingerprint density at radius 3 is 2.18 bits per heavy atom. The van der Waals surface area contributed by atoms with Crippen LogP contribution in [0.15, 0.2) is 77.7 Å². The van der Waals surface area contributed by atoms with Gasteiger partial charge in [0, 0.05) is 11.4 Å². The number of carbonyl (C=O) groups excluding carboxylic acids is 1. The van der Waals surface area contributed by atoms with Crippen molar-refractivity contribution in [1.82, 2.24) is 0 Å². The van der Waals surface area contributed by atoms with Crippen LogP contribution in [0.4, 0.5) is 11.4 Å². The second-order valence-corrected chi connectivity index (χ2v) is 8.98. The molecule has 174 valence electrons. The number of sulfonamides is 1. The van der Waals surface area contributed by atoms with Gasteiger partial charge in [-0.3, -0.25) is 9.52 Å². The van der Waals surface area contributed by atoms with Crippen LogP contribution in [0, 0.1) is 0 Å². The van der Waals surface area contributed by atoms with Crippen LogP contribution in [0.2, 0.25) is 0 Å². The first-order valence-corrected chi connectivity index (χ1v) is 12.2. The number of hydrogen-bond donors (Lipinski definition) is 2. The van der Waals surface area contributed by atoms with E-state index in [4.69, 9.17) is 9.47 Å². The van der Waals surface area contributed by atoms with Gasteiger partial charge < -0.3 is 14.8 Å². The van der Waals surface area contributed by atoms with Crippen molar-refractivity contribution in [3.8, 4) is 11.5 Å². The van der Waals surface area contributed by atoms with E-state index in [0.29, 0.717) is 29.5 Å². The summed E-state index contributed by atoms with van der Waals surface area (Å²) >= 11 is 0. The van der Waals surface area contributed by atoms with E-state index in [-0.39, 0.29) is 10.8 Å². The molecule has 1 atom stereocenters. The van der Waals surface area contributed by atoms with Gasteiger partial charge >= 0.3 is 0 Å². The topological polar surface area (TPSA) is 93.7 Å².